The number of benzene rings is 1. The van der Waals surface area contributed by atoms with Crippen molar-refractivity contribution in [3.8, 4) is 0 Å². The number of anilines is 1. The Hall–Kier alpha value is -2.21. The Labute approximate surface area is 116 Å². The van der Waals surface area contributed by atoms with E-state index < -0.39 is 11.7 Å². The van der Waals surface area contributed by atoms with E-state index in [1.807, 2.05) is 6.92 Å². The lowest BCUT2D eigenvalue weighted by molar-refractivity contribution is 0.102. The van der Waals surface area contributed by atoms with Crippen molar-refractivity contribution in [1.29, 1.82) is 0 Å². The molecule has 0 saturated carbocycles. The van der Waals surface area contributed by atoms with Crippen LogP contribution < -0.4 is 11.1 Å². The molecule has 0 aliphatic heterocycles. The summed E-state index contributed by atoms with van der Waals surface area (Å²) in [4.78, 5) is 16.0. The van der Waals surface area contributed by atoms with Crippen molar-refractivity contribution in [2.24, 2.45) is 5.73 Å². The van der Waals surface area contributed by atoms with Crippen molar-refractivity contribution >= 4 is 11.6 Å². The highest BCUT2D eigenvalue weighted by Crippen LogP contribution is 2.16. The Balaban J connectivity index is 2.06. The van der Waals surface area contributed by atoms with Gasteiger partial charge in [0.1, 0.15) is 12.1 Å². The van der Waals surface area contributed by atoms with Crippen LogP contribution in [-0.4, -0.2) is 10.9 Å². The Morgan fingerprint density at radius 1 is 1.55 bits per heavy atom. The van der Waals surface area contributed by atoms with Gasteiger partial charge in [-0.2, -0.15) is 0 Å². The summed E-state index contributed by atoms with van der Waals surface area (Å²) in [5.74, 6) is -0.556. The molecule has 1 aromatic carbocycles. The van der Waals surface area contributed by atoms with Gasteiger partial charge in [-0.3, -0.25) is 4.79 Å². The Bertz CT molecular complexity index is 598. The van der Waals surface area contributed by atoms with Gasteiger partial charge in [0.05, 0.1) is 6.04 Å². The third-order valence-corrected chi connectivity index (χ3v) is 2.75. The van der Waals surface area contributed by atoms with Crippen LogP contribution in [-0.2, 0) is 0 Å². The largest absolute Gasteiger partial charge is 0.446 e. The minimum Gasteiger partial charge on any atom is -0.446 e. The second kappa shape index (κ2) is 6.29. The van der Waals surface area contributed by atoms with Gasteiger partial charge in [-0.1, -0.05) is 19.4 Å². The van der Waals surface area contributed by atoms with E-state index in [-0.39, 0.29) is 11.7 Å². The third kappa shape index (κ3) is 3.42. The van der Waals surface area contributed by atoms with E-state index in [4.69, 9.17) is 10.2 Å². The van der Waals surface area contributed by atoms with Gasteiger partial charge in [-0.15, -0.1) is 0 Å². The molecule has 3 N–H and O–H groups in total. The highest BCUT2D eigenvalue weighted by atomic mass is 19.1. The Morgan fingerprint density at radius 2 is 2.35 bits per heavy atom. The van der Waals surface area contributed by atoms with E-state index in [1.54, 1.807) is 6.07 Å². The fourth-order valence-corrected chi connectivity index (χ4v) is 1.76. The van der Waals surface area contributed by atoms with Crippen molar-refractivity contribution in [1.82, 2.24) is 4.98 Å². The molecule has 1 aromatic heterocycles. The molecule has 2 aromatic rings. The van der Waals surface area contributed by atoms with Crippen molar-refractivity contribution in [3.63, 3.8) is 0 Å². The van der Waals surface area contributed by atoms with Gasteiger partial charge in [-0.05, 0) is 24.6 Å². The lowest BCUT2D eigenvalue weighted by Crippen LogP contribution is -2.14. The fraction of sp³-hybridized carbons (Fsp3) is 0.286. The maximum Gasteiger partial charge on any atom is 0.277 e. The molecule has 0 spiro atoms. The second-order valence-corrected chi connectivity index (χ2v) is 4.43. The molecule has 1 heterocycles. The number of nitrogens with two attached hydrogens (primary N) is 1. The lowest BCUT2D eigenvalue weighted by Gasteiger charge is -2.04. The molecule has 1 atom stereocenters. The predicted molar refractivity (Wildman–Crippen MR) is 72.7 cm³/mol. The molecule has 0 fully saturated rings. The summed E-state index contributed by atoms with van der Waals surface area (Å²) in [6, 6.07) is 5.30. The molecule has 0 bridgehead atoms. The summed E-state index contributed by atoms with van der Waals surface area (Å²) in [6.07, 6.45) is 2.87. The normalized spacial score (nSPS) is 12.2. The third-order valence-electron chi connectivity index (χ3n) is 2.75. The number of oxazole rings is 1. The summed E-state index contributed by atoms with van der Waals surface area (Å²) in [7, 11) is 0. The fourth-order valence-electron chi connectivity index (χ4n) is 1.76. The first kappa shape index (κ1) is 14.2. The van der Waals surface area contributed by atoms with Crippen LogP contribution in [0.5, 0.6) is 0 Å². The van der Waals surface area contributed by atoms with Crippen LogP contribution in [0.4, 0.5) is 10.1 Å². The number of hydrogen-bond acceptors (Lipinski definition) is 4. The van der Waals surface area contributed by atoms with Crippen LogP contribution in [0.25, 0.3) is 0 Å². The van der Waals surface area contributed by atoms with Crippen molar-refractivity contribution < 1.29 is 13.6 Å². The standard InChI is InChI=1S/C14H16FN3O2/c1-2-4-11(16)14-18-12(8-20-14)13(19)17-10-6-3-5-9(15)7-10/h3,5-8,11H,2,4,16H2,1H3,(H,17,19). The highest BCUT2D eigenvalue weighted by Gasteiger charge is 2.16. The monoisotopic (exact) mass is 277 g/mol. The van der Waals surface area contributed by atoms with Crippen LogP contribution in [0.1, 0.15) is 42.2 Å². The van der Waals surface area contributed by atoms with E-state index in [1.165, 1.54) is 24.5 Å². The minimum absolute atomic E-state index is 0.121. The average Bonchev–Trinajstić information content (AvgIpc) is 2.88. The zero-order valence-electron chi connectivity index (χ0n) is 11.1. The van der Waals surface area contributed by atoms with E-state index in [9.17, 15) is 9.18 Å². The Morgan fingerprint density at radius 3 is 3.05 bits per heavy atom. The molecule has 0 aliphatic rings. The molecule has 2 rings (SSSR count). The molecule has 106 valence electrons. The summed E-state index contributed by atoms with van der Waals surface area (Å²) in [5.41, 5.74) is 6.33. The molecule has 5 nitrogen and oxygen atoms in total. The first-order valence-electron chi connectivity index (χ1n) is 6.38. The van der Waals surface area contributed by atoms with Crippen molar-refractivity contribution in [3.05, 3.63) is 47.9 Å². The predicted octanol–water partition coefficient (Wildman–Crippen LogP) is 2.87. The van der Waals surface area contributed by atoms with Gasteiger partial charge >= 0.3 is 0 Å². The topological polar surface area (TPSA) is 81.1 Å². The smallest absolute Gasteiger partial charge is 0.277 e. The van der Waals surface area contributed by atoms with Gasteiger partial charge in [0.25, 0.3) is 5.91 Å². The van der Waals surface area contributed by atoms with Gasteiger partial charge in [-0.25, -0.2) is 9.37 Å². The number of nitrogens with one attached hydrogen (secondary N) is 1. The molecule has 1 unspecified atom stereocenters. The average molecular weight is 277 g/mol. The van der Waals surface area contributed by atoms with Crippen LogP contribution >= 0.6 is 0 Å². The zero-order valence-corrected chi connectivity index (χ0v) is 11.1. The van der Waals surface area contributed by atoms with Crippen LogP contribution in [0.2, 0.25) is 0 Å². The first-order valence-corrected chi connectivity index (χ1v) is 6.38. The van der Waals surface area contributed by atoms with E-state index in [0.29, 0.717) is 11.6 Å². The number of carbonyl (C=O) groups is 1. The maximum atomic E-state index is 13.0. The number of aromatic nitrogens is 1. The Kier molecular flexibility index (Phi) is 4.47. The number of rotatable bonds is 5. The number of halogens is 1. The molecule has 1 amide bonds. The molecular formula is C14H16FN3O2. The summed E-state index contributed by atoms with van der Waals surface area (Å²) in [6.45, 7) is 2.00. The zero-order chi connectivity index (χ0) is 14.5. The van der Waals surface area contributed by atoms with Crippen LogP contribution in [0, 0.1) is 5.82 Å². The summed E-state index contributed by atoms with van der Waals surface area (Å²) >= 11 is 0. The molecule has 20 heavy (non-hydrogen) atoms. The summed E-state index contributed by atoms with van der Waals surface area (Å²) in [5, 5.41) is 2.54. The van der Waals surface area contributed by atoms with E-state index in [2.05, 4.69) is 10.3 Å². The van der Waals surface area contributed by atoms with Crippen LogP contribution in [0.15, 0.2) is 34.9 Å². The van der Waals surface area contributed by atoms with E-state index >= 15 is 0 Å². The number of hydrogen-bond donors (Lipinski definition) is 2. The minimum atomic E-state index is -0.464. The number of carbonyl (C=O) groups excluding carboxylic acids is 1. The summed E-state index contributed by atoms with van der Waals surface area (Å²) < 4.78 is 18.2. The first-order chi connectivity index (χ1) is 9.60. The number of amides is 1. The van der Waals surface area contributed by atoms with Crippen molar-refractivity contribution in [2.45, 2.75) is 25.8 Å². The lowest BCUT2D eigenvalue weighted by atomic mass is 10.2. The molecule has 0 saturated heterocycles. The SMILES string of the molecule is CCCC(N)c1nc(C(=O)Nc2cccc(F)c2)co1. The molecule has 0 aliphatic carbocycles. The van der Waals surface area contributed by atoms with Gasteiger partial charge in [0, 0.05) is 5.69 Å². The van der Waals surface area contributed by atoms with Gasteiger partial charge < -0.3 is 15.5 Å². The quantitative estimate of drug-likeness (QED) is 0.880. The van der Waals surface area contributed by atoms with Gasteiger partial charge in [0.15, 0.2) is 5.69 Å². The number of nitrogens with zero attached hydrogens (tertiary/aromatic N) is 1. The highest BCUT2D eigenvalue weighted by molar-refractivity contribution is 6.02. The van der Waals surface area contributed by atoms with Crippen molar-refractivity contribution in [2.75, 3.05) is 5.32 Å². The van der Waals surface area contributed by atoms with E-state index in [0.717, 1.165) is 12.8 Å². The molecular weight excluding hydrogens is 261 g/mol. The maximum absolute atomic E-state index is 13.0. The van der Waals surface area contributed by atoms with Crippen LogP contribution in [0.3, 0.4) is 0 Å². The molecule has 0 radical (unpaired) electrons. The molecule has 6 heteroatoms. The van der Waals surface area contributed by atoms with Gasteiger partial charge in [0.2, 0.25) is 5.89 Å². The second-order valence-electron chi connectivity index (χ2n) is 4.43.